The van der Waals surface area contributed by atoms with Gasteiger partial charge in [0.2, 0.25) is 0 Å². The van der Waals surface area contributed by atoms with Crippen LogP contribution in [0.15, 0.2) is 41.3 Å². The van der Waals surface area contributed by atoms with Gasteiger partial charge in [0.1, 0.15) is 36.5 Å². The lowest BCUT2D eigenvalue weighted by Gasteiger charge is -2.29. The number of carbonyl (C=O) groups excluding carboxylic acids is 2. The van der Waals surface area contributed by atoms with Crippen LogP contribution in [0.5, 0.6) is 0 Å². The zero-order valence-corrected chi connectivity index (χ0v) is 18.8. The molecule has 13 heteroatoms. The minimum atomic E-state index is -4.67. The molecule has 0 aliphatic heterocycles. The molecule has 0 atom stereocenters. The smallest absolute Gasteiger partial charge is 0.361 e. The standard InChI is InChI=1S/C21H20F6N2O4S/c1-3-32-11-28(17-9-8-13(10-16(17)24)34-21(25,26)27)20(31)29(12-33-4-2)19(30)18-14(22)6-5-7-15(18)23/h5-10H,3-4,11-12H2,1-2H3. The molecule has 0 fully saturated rings. The average molecular weight is 510 g/mol. The van der Waals surface area contributed by atoms with Gasteiger partial charge in [0.15, 0.2) is 0 Å². The zero-order valence-electron chi connectivity index (χ0n) is 18.0. The van der Waals surface area contributed by atoms with Gasteiger partial charge in [-0.25, -0.2) is 22.9 Å². The topological polar surface area (TPSA) is 59.1 Å². The summed E-state index contributed by atoms with van der Waals surface area (Å²) in [4.78, 5) is 26.6. The number of halogens is 6. The van der Waals surface area contributed by atoms with Crippen LogP contribution in [0.4, 0.5) is 36.8 Å². The van der Waals surface area contributed by atoms with Crippen LogP contribution in [0.25, 0.3) is 0 Å². The molecule has 0 heterocycles. The molecule has 0 aliphatic carbocycles. The average Bonchev–Trinajstić information content (AvgIpc) is 2.74. The Bertz CT molecular complexity index is 1000. The summed E-state index contributed by atoms with van der Waals surface area (Å²) in [5, 5.41) is 0. The fourth-order valence-electron chi connectivity index (χ4n) is 2.68. The van der Waals surface area contributed by atoms with Crippen LogP contribution in [0, 0.1) is 17.5 Å². The molecule has 0 aliphatic rings. The van der Waals surface area contributed by atoms with Crippen LogP contribution in [-0.4, -0.2) is 49.0 Å². The van der Waals surface area contributed by atoms with Crippen LogP contribution >= 0.6 is 11.8 Å². The number of hydrogen-bond acceptors (Lipinski definition) is 5. The van der Waals surface area contributed by atoms with Crippen LogP contribution < -0.4 is 4.90 Å². The van der Waals surface area contributed by atoms with Gasteiger partial charge in [-0.2, -0.15) is 13.2 Å². The van der Waals surface area contributed by atoms with E-state index in [1.165, 1.54) is 6.92 Å². The highest BCUT2D eigenvalue weighted by atomic mass is 32.2. The number of alkyl halides is 3. The normalized spacial score (nSPS) is 11.4. The molecule has 0 spiro atoms. The van der Waals surface area contributed by atoms with E-state index in [-0.39, 0.29) is 13.2 Å². The zero-order chi connectivity index (χ0) is 25.5. The Hall–Kier alpha value is -2.77. The van der Waals surface area contributed by atoms with E-state index < -0.39 is 76.3 Å². The van der Waals surface area contributed by atoms with E-state index in [0.717, 1.165) is 30.3 Å². The number of anilines is 1. The SMILES string of the molecule is CCOCN(C(=O)c1c(F)cccc1F)C(=O)N(COCC)c1ccc(SC(F)(F)F)cc1F. The van der Waals surface area contributed by atoms with E-state index in [1.54, 1.807) is 6.92 Å². The molecule has 2 aromatic rings. The summed E-state index contributed by atoms with van der Waals surface area (Å²) >= 11 is -0.558. The van der Waals surface area contributed by atoms with Gasteiger partial charge in [-0.15, -0.1) is 0 Å². The Kier molecular flexibility index (Phi) is 9.77. The van der Waals surface area contributed by atoms with Crippen molar-refractivity contribution in [2.75, 3.05) is 31.6 Å². The summed E-state index contributed by atoms with van der Waals surface area (Å²) in [6.07, 6.45) is 0. The number of nitrogens with zero attached hydrogens (tertiary/aromatic N) is 2. The summed E-state index contributed by atoms with van der Waals surface area (Å²) in [6, 6.07) is 3.76. The molecule has 2 aromatic carbocycles. The van der Waals surface area contributed by atoms with Gasteiger partial charge in [0.05, 0.1) is 5.69 Å². The van der Waals surface area contributed by atoms with Gasteiger partial charge in [-0.1, -0.05) is 6.07 Å². The first-order valence-electron chi connectivity index (χ1n) is 9.78. The fraction of sp³-hybridized carbons (Fsp3) is 0.333. The van der Waals surface area contributed by atoms with Crippen molar-refractivity contribution < 1.29 is 45.4 Å². The van der Waals surface area contributed by atoms with Gasteiger partial charge >= 0.3 is 11.5 Å². The molecule has 6 nitrogen and oxygen atoms in total. The molecule has 0 saturated carbocycles. The molecule has 0 aromatic heterocycles. The second-order valence-electron chi connectivity index (χ2n) is 6.45. The third kappa shape index (κ3) is 7.11. The predicted octanol–water partition coefficient (Wildman–Crippen LogP) is 5.77. The largest absolute Gasteiger partial charge is 0.446 e. The first-order chi connectivity index (χ1) is 16.0. The lowest BCUT2D eigenvalue weighted by Crippen LogP contribution is -2.49. The van der Waals surface area contributed by atoms with E-state index >= 15 is 0 Å². The number of carbonyl (C=O) groups is 2. The summed E-state index contributed by atoms with van der Waals surface area (Å²) in [7, 11) is 0. The van der Waals surface area contributed by atoms with E-state index in [4.69, 9.17) is 9.47 Å². The number of benzene rings is 2. The predicted molar refractivity (Wildman–Crippen MR) is 112 cm³/mol. The molecule has 0 unspecified atom stereocenters. The monoisotopic (exact) mass is 510 g/mol. The minimum absolute atomic E-state index is 0.0139. The second kappa shape index (κ2) is 12.1. The molecule has 0 bridgehead atoms. The van der Waals surface area contributed by atoms with Crippen molar-refractivity contribution in [3.8, 4) is 0 Å². The molecule has 186 valence electrons. The Morgan fingerprint density at radius 3 is 2.03 bits per heavy atom. The Morgan fingerprint density at radius 1 is 0.912 bits per heavy atom. The van der Waals surface area contributed by atoms with Gasteiger partial charge in [0, 0.05) is 18.1 Å². The number of thioether (sulfide) groups is 1. The highest BCUT2D eigenvalue weighted by molar-refractivity contribution is 8.00. The minimum Gasteiger partial charge on any atom is -0.361 e. The first kappa shape index (κ1) is 27.5. The summed E-state index contributed by atoms with van der Waals surface area (Å²) < 4.78 is 91.2. The first-order valence-corrected chi connectivity index (χ1v) is 10.6. The number of imide groups is 1. The Balaban J connectivity index is 2.48. The Labute approximate surface area is 195 Å². The highest BCUT2D eigenvalue weighted by Gasteiger charge is 2.34. The quantitative estimate of drug-likeness (QED) is 0.244. The summed E-state index contributed by atoms with van der Waals surface area (Å²) in [5.41, 5.74) is -6.23. The number of urea groups is 1. The number of hydrogen-bond donors (Lipinski definition) is 0. The molecule has 0 saturated heterocycles. The molecular formula is C21H20F6N2O4S. The van der Waals surface area contributed by atoms with E-state index in [2.05, 4.69) is 0 Å². The van der Waals surface area contributed by atoms with Crippen LogP contribution in [0.2, 0.25) is 0 Å². The van der Waals surface area contributed by atoms with Gasteiger partial charge < -0.3 is 9.47 Å². The molecule has 34 heavy (non-hydrogen) atoms. The third-order valence-corrected chi connectivity index (χ3v) is 4.90. The van der Waals surface area contributed by atoms with Crippen molar-refractivity contribution in [1.82, 2.24) is 4.90 Å². The highest BCUT2D eigenvalue weighted by Crippen LogP contribution is 2.38. The van der Waals surface area contributed by atoms with E-state index in [9.17, 15) is 35.9 Å². The van der Waals surface area contributed by atoms with Crippen LogP contribution in [0.1, 0.15) is 24.2 Å². The lowest BCUT2D eigenvalue weighted by atomic mass is 10.1. The maximum atomic E-state index is 14.7. The molecule has 0 radical (unpaired) electrons. The summed E-state index contributed by atoms with van der Waals surface area (Å²) in [6.45, 7) is 1.79. The van der Waals surface area contributed by atoms with Crippen molar-refractivity contribution in [2.45, 2.75) is 24.3 Å². The molecule has 0 N–H and O–H groups in total. The van der Waals surface area contributed by atoms with Crippen molar-refractivity contribution in [3.63, 3.8) is 0 Å². The van der Waals surface area contributed by atoms with Gasteiger partial charge in [0.25, 0.3) is 5.91 Å². The second-order valence-corrected chi connectivity index (χ2v) is 7.58. The number of ether oxygens (including phenoxy) is 2. The molecule has 2 rings (SSSR count). The molecule has 3 amide bonds. The third-order valence-electron chi connectivity index (χ3n) is 4.18. The Morgan fingerprint density at radius 2 is 1.50 bits per heavy atom. The van der Waals surface area contributed by atoms with Crippen LogP contribution in [0.3, 0.4) is 0 Å². The van der Waals surface area contributed by atoms with E-state index in [1.807, 2.05) is 0 Å². The van der Waals surface area contributed by atoms with Crippen molar-refractivity contribution >= 4 is 29.4 Å². The van der Waals surface area contributed by atoms with E-state index in [0.29, 0.717) is 15.9 Å². The van der Waals surface area contributed by atoms with Crippen molar-refractivity contribution in [2.24, 2.45) is 0 Å². The van der Waals surface area contributed by atoms with Gasteiger partial charge in [-0.05, 0) is 55.9 Å². The maximum Gasteiger partial charge on any atom is 0.446 e. The molecular weight excluding hydrogens is 490 g/mol. The maximum absolute atomic E-state index is 14.7. The summed E-state index contributed by atoms with van der Waals surface area (Å²) in [5.74, 6) is -5.10. The fourth-order valence-corrected chi connectivity index (χ4v) is 3.25. The van der Waals surface area contributed by atoms with Gasteiger partial charge in [-0.3, -0.25) is 9.69 Å². The van der Waals surface area contributed by atoms with Crippen molar-refractivity contribution in [3.05, 3.63) is 59.4 Å². The number of rotatable bonds is 9. The lowest BCUT2D eigenvalue weighted by molar-refractivity contribution is -0.0328. The number of amides is 3. The van der Waals surface area contributed by atoms with Crippen LogP contribution in [-0.2, 0) is 9.47 Å². The van der Waals surface area contributed by atoms with Crippen molar-refractivity contribution in [1.29, 1.82) is 0 Å².